The highest BCUT2D eigenvalue weighted by atomic mass is 16.5. The molecule has 0 aliphatic carbocycles. The van der Waals surface area contributed by atoms with E-state index in [1.54, 1.807) is 24.3 Å². The van der Waals surface area contributed by atoms with Crippen molar-refractivity contribution in [2.75, 3.05) is 31.6 Å². The SMILES string of the molecule is CCCCNCC(O)COC(=O)c1ccc(NC(=O)OCCC)cc1. The van der Waals surface area contributed by atoms with Crippen LogP contribution in [0.4, 0.5) is 10.5 Å². The van der Waals surface area contributed by atoms with Crippen LogP contribution < -0.4 is 10.6 Å². The van der Waals surface area contributed by atoms with Crippen molar-refractivity contribution in [3.63, 3.8) is 0 Å². The van der Waals surface area contributed by atoms with Gasteiger partial charge < -0.3 is 19.9 Å². The van der Waals surface area contributed by atoms with Gasteiger partial charge >= 0.3 is 12.1 Å². The topological polar surface area (TPSA) is 96.9 Å². The van der Waals surface area contributed by atoms with E-state index < -0.39 is 18.2 Å². The summed E-state index contributed by atoms with van der Waals surface area (Å²) in [6.07, 6.45) is 1.60. The van der Waals surface area contributed by atoms with Gasteiger partial charge in [-0.15, -0.1) is 0 Å². The first-order valence-electron chi connectivity index (χ1n) is 8.66. The molecule has 7 heteroatoms. The molecule has 0 aliphatic heterocycles. The van der Waals surface area contributed by atoms with E-state index in [0.29, 0.717) is 24.4 Å². The summed E-state index contributed by atoms with van der Waals surface area (Å²) < 4.78 is 9.99. The van der Waals surface area contributed by atoms with Crippen LogP contribution in [-0.2, 0) is 9.47 Å². The average Bonchev–Trinajstić information content (AvgIpc) is 2.62. The maximum Gasteiger partial charge on any atom is 0.411 e. The van der Waals surface area contributed by atoms with Crippen molar-refractivity contribution in [1.29, 1.82) is 0 Å². The smallest absolute Gasteiger partial charge is 0.411 e. The number of anilines is 1. The Labute approximate surface area is 148 Å². The molecule has 1 atom stereocenters. The fourth-order valence-corrected chi connectivity index (χ4v) is 1.92. The molecule has 7 nitrogen and oxygen atoms in total. The first-order chi connectivity index (χ1) is 12.1. The predicted octanol–water partition coefficient (Wildman–Crippen LogP) is 2.55. The monoisotopic (exact) mass is 352 g/mol. The molecule has 0 bridgehead atoms. The average molecular weight is 352 g/mol. The number of esters is 1. The molecule has 25 heavy (non-hydrogen) atoms. The third-order valence-electron chi connectivity index (χ3n) is 3.30. The Morgan fingerprint density at radius 1 is 1.12 bits per heavy atom. The fraction of sp³-hybridized carbons (Fsp3) is 0.556. The molecule has 0 aliphatic rings. The van der Waals surface area contributed by atoms with Crippen molar-refractivity contribution in [3.8, 4) is 0 Å². The molecular formula is C18H28N2O5. The van der Waals surface area contributed by atoms with Gasteiger partial charge in [0.05, 0.1) is 12.2 Å². The number of ether oxygens (including phenoxy) is 2. The number of carbonyl (C=O) groups is 2. The van der Waals surface area contributed by atoms with Crippen LogP contribution in [0.5, 0.6) is 0 Å². The number of hydrogen-bond donors (Lipinski definition) is 3. The van der Waals surface area contributed by atoms with Gasteiger partial charge in [-0.2, -0.15) is 0 Å². The second kappa shape index (κ2) is 12.3. The van der Waals surface area contributed by atoms with E-state index in [1.165, 1.54) is 0 Å². The number of nitrogens with one attached hydrogen (secondary N) is 2. The summed E-state index contributed by atoms with van der Waals surface area (Å²) in [5.41, 5.74) is 0.872. The van der Waals surface area contributed by atoms with Crippen molar-refractivity contribution in [3.05, 3.63) is 29.8 Å². The third kappa shape index (κ3) is 9.07. The van der Waals surface area contributed by atoms with Gasteiger partial charge in [0.15, 0.2) is 0 Å². The summed E-state index contributed by atoms with van der Waals surface area (Å²) in [6, 6.07) is 6.27. The van der Waals surface area contributed by atoms with Gasteiger partial charge in [-0.25, -0.2) is 9.59 Å². The Bertz CT molecular complexity index is 519. The molecule has 1 aromatic carbocycles. The van der Waals surface area contributed by atoms with Crippen LogP contribution in [0.25, 0.3) is 0 Å². The molecule has 0 aromatic heterocycles. The van der Waals surface area contributed by atoms with Gasteiger partial charge in [-0.05, 0) is 43.7 Å². The zero-order valence-electron chi connectivity index (χ0n) is 14.9. The van der Waals surface area contributed by atoms with Crippen LogP contribution in [0.15, 0.2) is 24.3 Å². The largest absolute Gasteiger partial charge is 0.459 e. The second-order valence-electron chi connectivity index (χ2n) is 5.65. The van der Waals surface area contributed by atoms with E-state index in [1.807, 2.05) is 6.92 Å². The molecule has 1 unspecified atom stereocenters. The van der Waals surface area contributed by atoms with Crippen molar-refractivity contribution >= 4 is 17.7 Å². The Kier molecular flexibility index (Phi) is 10.3. The van der Waals surface area contributed by atoms with Crippen LogP contribution in [-0.4, -0.2) is 49.6 Å². The Morgan fingerprint density at radius 3 is 2.48 bits per heavy atom. The Balaban J connectivity index is 2.35. The zero-order chi connectivity index (χ0) is 18.5. The van der Waals surface area contributed by atoms with Crippen LogP contribution >= 0.6 is 0 Å². The number of aliphatic hydroxyl groups is 1. The van der Waals surface area contributed by atoms with Crippen LogP contribution in [0, 0.1) is 0 Å². The Hall–Kier alpha value is -2.12. The molecule has 0 fully saturated rings. The molecular weight excluding hydrogens is 324 g/mol. The minimum atomic E-state index is -0.741. The third-order valence-corrected chi connectivity index (χ3v) is 3.30. The van der Waals surface area contributed by atoms with Gasteiger partial charge in [-0.1, -0.05) is 20.3 Å². The van der Waals surface area contributed by atoms with Crippen molar-refractivity contribution in [2.45, 2.75) is 39.2 Å². The summed E-state index contributed by atoms with van der Waals surface area (Å²) >= 11 is 0. The highest BCUT2D eigenvalue weighted by molar-refractivity contribution is 5.91. The van der Waals surface area contributed by atoms with Crippen molar-refractivity contribution in [1.82, 2.24) is 5.32 Å². The minimum Gasteiger partial charge on any atom is -0.459 e. The van der Waals surface area contributed by atoms with Gasteiger partial charge in [0, 0.05) is 12.2 Å². The number of rotatable bonds is 11. The number of hydrogen-bond acceptors (Lipinski definition) is 6. The molecule has 0 heterocycles. The number of carbonyl (C=O) groups excluding carboxylic acids is 2. The summed E-state index contributed by atoms with van der Waals surface area (Å²) in [6.45, 7) is 5.50. The lowest BCUT2D eigenvalue weighted by Gasteiger charge is -2.12. The first kappa shape index (κ1) is 20.9. The van der Waals surface area contributed by atoms with Gasteiger partial charge in [0.25, 0.3) is 0 Å². The molecule has 0 saturated heterocycles. The van der Waals surface area contributed by atoms with Crippen LogP contribution in [0.3, 0.4) is 0 Å². The quantitative estimate of drug-likeness (QED) is 0.418. The highest BCUT2D eigenvalue weighted by Crippen LogP contribution is 2.11. The lowest BCUT2D eigenvalue weighted by molar-refractivity contribution is 0.0259. The van der Waals surface area contributed by atoms with E-state index >= 15 is 0 Å². The Morgan fingerprint density at radius 2 is 1.84 bits per heavy atom. The number of aliphatic hydroxyl groups excluding tert-OH is 1. The molecule has 1 aromatic rings. The van der Waals surface area contributed by atoms with E-state index in [9.17, 15) is 14.7 Å². The molecule has 0 radical (unpaired) electrons. The van der Waals surface area contributed by atoms with Gasteiger partial charge in [0.1, 0.15) is 12.7 Å². The summed E-state index contributed by atoms with van der Waals surface area (Å²) in [4.78, 5) is 23.4. The predicted molar refractivity (Wildman–Crippen MR) is 95.8 cm³/mol. The van der Waals surface area contributed by atoms with E-state index in [-0.39, 0.29) is 6.61 Å². The van der Waals surface area contributed by atoms with Gasteiger partial charge in [0.2, 0.25) is 0 Å². The highest BCUT2D eigenvalue weighted by Gasteiger charge is 2.11. The first-order valence-corrected chi connectivity index (χ1v) is 8.66. The van der Waals surface area contributed by atoms with Gasteiger partial charge in [-0.3, -0.25) is 5.32 Å². The molecule has 140 valence electrons. The summed E-state index contributed by atoms with van der Waals surface area (Å²) in [5, 5.41) is 15.4. The van der Waals surface area contributed by atoms with E-state index in [2.05, 4.69) is 17.6 Å². The van der Waals surface area contributed by atoms with Crippen molar-refractivity contribution in [2.24, 2.45) is 0 Å². The molecule has 1 amide bonds. The minimum absolute atomic E-state index is 0.0682. The van der Waals surface area contributed by atoms with Crippen LogP contribution in [0.1, 0.15) is 43.5 Å². The fourth-order valence-electron chi connectivity index (χ4n) is 1.92. The maximum absolute atomic E-state index is 11.9. The summed E-state index contributed by atoms with van der Waals surface area (Å²) in [7, 11) is 0. The lowest BCUT2D eigenvalue weighted by Crippen LogP contribution is -2.31. The van der Waals surface area contributed by atoms with Crippen molar-refractivity contribution < 1.29 is 24.2 Å². The van der Waals surface area contributed by atoms with E-state index in [0.717, 1.165) is 25.8 Å². The second-order valence-corrected chi connectivity index (χ2v) is 5.65. The number of unbranched alkanes of at least 4 members (excludes halogenated alkanes) is 1. The van der Waals surface area contributed by atoms with Crippen LogP contribution in [0.2, 0.25) is 0 Å². The normalized spacial score (nSPS) is 11.6. The number of amides is 1. The molecule has 0 spiro atoms. The zero-order valence-corrected chi connectivity index (χ0v) is 14.9. The number of benzene rings is 1. The molecule has 1 rings (SSSR count). The molecule has 0 saturated carbocycles. The lowest BCUT2D eigenvalue weighted by atomic mass is 10.2. The summed E-state index contributed by atoms with van der Waals surface area (Å²) in [5.74, 6) is -0.521. The molecule has 3 N–H and O–H groups in total. The maximum atomic E-state index is 11.9. The van der Waals surface area contributed by atoms with E-state index in [4.69, 9.17) is 9.47 Å². The standard InChI is InChI=1S/C18H28N2O5/c1-3-5-10-19-12-16(21)13-25-17(22)14-6-8-15(9-7-14)20-18(23)24-11-4-2/h6-9,16,19,21H,3-5,10-13H2,1-2H3,(H,20,23).